The summed E-state index contributed by atoms with van der Waals surface area (Å²) in [6, 6.07) is 6.60. The zero-order valence-corrected chi connectivity index (χ0v) is 9.08. The van der Waals surface area contributed by atoms with Gasteiger partial charge in [-0.1, -0.05) is 12.1 Å². The lowest BCUT2D eigenvalue weighted by molar-refractivity contribution is -0.116. The van der Waals surface area contributed by atoms with Crippen molar-refractivity contribution in [3.63, 3.8) is 0 Å². The summed E-state index contributed by atoms with van der Waals surface area (Å²) >= 11 is -2.54. The van der Waals surface area contributed by atoms with E-state index in [0.717, 1.165) is 5.56 Å². The first-order valence-electron chi connectivity index (χ1n) is 4.44. The molecule has 0 fully saturated rings. The summed E-state index contributed by atoms with van der Waals surface area (Å²) in [4.78, 5) is 10.7. The van der Waals surface area contributed by atoms with Crippen LogP contribution in [0.25, 0.3) is 0 Å². The number of rotatable bonds is 5. The Labute approximate surface area is 90.8 Å². The molecule has 0 bridgehead atoms. The van der Waals surface area contributed by atoms with Crippen molar-refractivity contribution in [1.29, 1.82) is 0 Å². The van der Waals surface area contributed by atoms with Gasteiger partial charge in [0.1, 0.15) is 22.9 Å². The summed E-state index contributed by atoms with van der Waals surface area (Å²) in [5.74, 6) is 0.408. The first-order valence-corrected chi connectivity index (χ1v) is 5.44. The zero-order valence-electron chi connectivity index (χ0n) is 8.26. The number of hydrogen-bond donors (Lipinski definition) is 0. The van der Waals surface area contributed by atoms with Crippen molar-refractivity contribution >= 4 is 17.1 Å². The Morgan fingerprint density at radius 2 is 2.00 bits per heavy atom. The summed E-state index contributed by atoms with van der Waals surface area (Å²) in [5, 5.41) is 0. The van der Waals surface area contributed by atoms with Gasteiger partial charge in [0, 0.05) is 6.42 Å². The minimum absolute atomic E-state index is 0.135. The molecule has 1 rings (SSSR count). The number of benzene rings is 1. The van der Waals surface area contributed by atoms with E-state index in [4.69, 9.17) is 0 Å². The van der Waals surface area contributed by atoms with Gasteiger partial charge in [0.25, 0.3) is 0 Å². The molecule has 4 nitrogen and oxygen atoms in total. The Morgan fingerprint density at radius 1 is 1.40 bits per heavy atom. The summed E-state index contributed by atoms with van der Waals surface area (Å²) in [5.41, 5.74) is 0.981. The second-order valence-corrected chi connectivity index (χ2v) is 3.71. The van der Waals surface area contributed by atoms with Crippen LogP contribution < -0.4 is 4.18 Å². The van der Waals surface area contributed by atoms with Gasteiger partial charge in [0.05, 0.1) is 0 Å². The van der Waals surface area contributed by atoms with Crippen LogP contribution in [0.4, 0.5) is 0 Å². The van der Waals surface area contributed by atoms with E-state index >= 15 is 0 Å². The van der Waals surface area contributed by atoms with E-state index in [9.17, 15) is 13.6 Å². The van der Waals surface area contributed by atoms with Gasteiger partial charge in [-0.3, -0.25) is 0 Å². The summed E-state index contributed by atoms with van der Waals surface area (Å²) in [6.07, 6.45) is 1.16. The Balaban J connectivity index is 2.56. The highest BCUT2D eigenvalue weighted by Crippen LogP contribution is 2.13. The number of hydrogen-bond acceptors (Lipinski definition) is 4. The van der Waals surface area contributed by atoms with Crippen molar-refractivity contribution in [3.8, 4) is 5.75 Å². The third kappa shape index (κ3) is 4.71. The summed E-state index contributed by atoms with van der Waals surface area (Å²) in [6.45, 7) is 1.54. The van der Waals surface area contributed by atoms with Gasteiger partial charge in [-0.2, -0.15) is 0 Å². The molecule has 0 saturated carbocycles. The smallest absolute Gasteiger partial charge is 0.139 e. The minimum Gasteiger partial charge on any atom is -0.740 e. The molecule has 15 heavy (non-hydrogen) atoms. The molecule has 0 heterocycles. The quantitative estimate of drug-likeness (QED) is 0.713. The lowest BCUT2D eigenvalue weighted by Gasteiger charge is -2.07. The number of carbonyl (C=O) groups is 1. The molecule has 1 atom stereocenters. The van der Waals surface area contributed by atoms with Crippen molar-refractivity contribution in [2.45, 2.75) is 19.8 Å². The molecule has 0 spiro atoms. The fourth-order valence-electron chi connectivity index (χ4n) is 1.11. The van der Waals surface area contributed by atoms with Crippen molar-refractivity contribution in [3.05, 3.63) is 29.8 Å². The number of ketones is 1. The van der Waals surface area contributed by atoms with E-state index in [0.29, 0.717) is 12.8 Å². The summed E-state index contributed by atoms with van der Waals surface area (Å²) < 4.78 is 24.8. The molecule has 0 amide bonds. The number of carbonyl (C=O) groups excluding carboxylic acids is 1. The largest absolute Gasteiger partial charge is 0.740 e. The Bertz CT molecular complexity index is 358. The van der Waals surface area contributed by atoms with Crippen LogP contribution in [0.3, 0.4) is 0 Å². The van der Waals surface area contributed by atoms with E-state index in [-0.39, 0.29) is 11.5 Å². The van der Waals surface area contributed by atoms with Crippen LogP contribution in [-0.2, 0) is 22.6 Å². The molecular formula is C10H11O4S-. The lowest BCUT2D eigenvalue weighted by atomic mass is 10.1. The molecule has 0 aromatic heterocycles. The third-order valence-electron chi connectivity index (χ3n) is 1.85. The Kier molecular flexibility index (Phi) is 4.45. The second kappa shape index (κ2) is 5.63. The fourth-order valence-corrected chi connectivity index (χ4v) is 1.38. The molecule has 0 aliphatic rings. The second-order valence-electron chi connectivity index (χ2n) is 3.13. The first kappa shape index (κ1) is 11.9. The first-order chi connectivity index (χ1) is 7.08. The van der Waals surface area contributed by atoms with E-state index < -0.39 is 11.4 Å². The van der Waals surface area contributed by atoms with Gasteiger partial charge in [0.2, 0.25) is 0 Å². The number of Topliss-reactive ketones (excluding diaryl/α,β-unsaturated/α-hetero) is 1. The molecule has 0 saturated heterocycles. The maximum Gasteiger partial charge on any atom is 0.139 e. The molecular weight excluding hydrogens is 216 g/mol. The standard InChI is InChI=1S/C10H12O4S/c1-8(11)2-3-9-4-6-10(7-5-9)14-15(12)13/h4-7H,2-3H2,1H3,(H,12,13)/p-1. The molecule has 0 aliphatic heterocycles. The lowest BCUT2D eigenvalue weighted by Crippen LogP contribution is -1.98. The maximum absolute atomic E-state index is 10.7. The van der Waals surface area contributed by atoms with E-state index in [1.54, 1.807) is 24.3 Å². The number of aryl methyl sites for hydroxylation is 1. The molecule has 0 aliphatic carbocycles. The minimum atomic E-state index is -2.54. The van der Waals surface area contributed by atoms with Crippen molar-refractivity contribution in [1.82, 2.24) is 0 Å². The highest BCUT2D eigenvalue weighted by Gasteiger charge is 1.98. The van der Waals surface area contributed by atoms with Crippen LogP contribution in [0.5, 0.6) is 5.75 Å². The predicted octanol–water partition coefficient (Wildman–Crippen LogP) is 1.38. The van der Waals surface area contributed by atoms with Crippen molar-refractivity contribution < 1.29 is 17.7 Å². The van der Waals surface area contributed by atoms with Crippen LogP contribution in [0.2, 0.25) is 0 Å². The van der Waals surface area contributed by atoms with E-state index in [1.165, 1.54) is 6.92 Å². The highest BCUT2D eigenvalue weighted by atomic mass is 32.2. The van der Waals surface area contributed by atoms with Crippen LogP contribution in [0, 0.1) is 0 Å². The van der Waals surface area contributed by atoms with Gasteiger partial charge in [-0.05, 0) is 31.0 Å². The van der Waals surface area contributed by atoms with Gasteiger partial charge >= 0.3 is 0 Å². The van der Waals surface area contributed by atoms with E-state index in [1.807, 2.05) is 0 Å². The summed E-state index contributed by atoms with van der Waals surface area (Å²) in [7, 11) is 0. The average molecular weight is 227 g/mol. The van der Waals surface area contributed by atoms with Crippen LogP contribution in [-0.4, -0.2) is 14.5 Å². The fraction of sp³-hybridized carbons (Fsp3) is 0.300. The molecule has 0 N–H and O–H groups in total. The maximum atomic E-state index is 10.7. The van der Waals surface area contributed by atoms with Crippen molar-refractivity contribution in [2.24, 2.45) is 0 Å². The van der Waals surface area contributed by atoms with Gasteiger partial charge < -0.3 is 13.5 Å². The van der Waals surface area contributed by atoms with E-state index in [2.05, 4.69) is 4.18 Å². The zero-order chi connectivity index (χ0) is 11.3. The predicted molar refractivity (Wildman–Crippen MR) is 55.0 cm³/mol. The molecule has 82 valence electrons. The molecule has 0 radical (unpaired) electrons. The Hall–Kier alpha value is -1.20. The molecule has 1 aromatic rings. The third-order valence-corrected chi connectivity index (χ3v) is 2.18. The normalized spacial score (nSPS) is 12.1. The molecule has 5 heteroatoms. The van der Waals surface area contributed by atoms with Crippen molar-refractivity contribution in [2.75, 3.05) is 0 Å². The monoisotopic (exact) mass is 227 g/mol. The molecule has 1 aromatic carbocycles. The van der Waals surface area contributed by atoms with Gasteiger partial charge in [0.15, 0.2) is 0 Å². The van der Waals surface area contributed by atoms with Gasteiger partial charge in [-0.25, -0.2) is 4.21 Å². The SMILES string of the molecule is CC(=O)CCc1ccc(OS(=O)[O-])cc1. The molecule has 1 unspecified atom stereocenters. The van der Waals surface area contributed by atoms with Gasteiger partial charge in [-0.15, -0.1) is 0 Å². The van der Waals surface area contributed by atoms with Crippen LogP contribution in [0.15, 0.2) is 24.3 Å². The topological polar surface area (TPSA) is 66.4 Å². The van der Waals surface area contributed by atoms with Crippen LogP contribution in [0.1, 0.15) is 18.9 Å². The average Bonchev–Trinajstić information content (AvgIpc) is 2.16. The van der Waals surface area contributed by atoms with Crippen LogP contribution >= 0.6 is 0 Å². The highest BCUT2D eigenvalue weighted by molar-refractivity contribution is 7.74. The Morgan fingerprint density at radius 3 is 2.47 bits per heavy atom.